The second kappa shape index (κ2) is 7.03. The number of nitrogens with one attached hydrogen (secondary N) is 1. The summed E-state index contributed by atoms with van der Waals surface area (Å²) in [5, 5.41) is 3.22. The van der Waals surface area contributed by atoms with Gasteiger partial charge in [0.05, 0.1) is 7.11 Å². The molecule has 108 valence electrons. The van der Waals surface area contributed by atoms with Crippen LogP contribution in [0.25, 0.3) is 0 Å². The molecule has 1 N–H and O–H groups in total. The van der Waals surface area contributed by atoms with Gasteiger partial charge in [-0.3, -0.25) is 4.90 Å². The van der Waals surface area contributed by atoms with Crippen molar-refractivity contribution < 1.29 is 13.5 Å². The minimum absolute atomic E-state index is 0. The summed E-state index contributed by atoms with van der Waals surface area (Å²) in [6.45, 7) is 5.13. The standard InChI is InChI=1S/C13H18F2N2O.ClH/c1-9(17-5-3-16-4-6-17)13-11(14)7-10(18-2)8-12(13)15;/h7-9,16H,3-6H2,1-2H3;1H/t9-;/m0./s1. The lowest BCUT2D eigenvalue weighted by Crippen LogP contribution is -2.44. The van der Waals surface area contributed by atoms with Crippen molar-refractivity contribution in [3.8, 4) is 5.75 Å². The van der Waals surface area contributed by atoms with Gasteiger partial charge in [-0.05, 0) is 6.92 Å². The monoisotopic (exact) mass is 292 g/mol. The first-order valence-corrected chi connectivity index (χ1v) is 6.11. The summed E-state index contributed by atoms with van der Waals surface area (Å²) < 4.78 is 32.7. The fourth-order valence-electron chi connectivity index (χ4n) is 2.33. The minimum atomic E-state index is -0.544. The second-order valence-corrected chi connectivity index (χ2v) is 4.47. The van der Waals surface area contributed by atoms with Crippen LogP contribution in [0.1, 0.15) is 18.5 Å². The Kier molecular flexibility index (Phi) is 5.97. The average molecular weight is 293 g/mol. The van der Waals surface area contributed by atoms with E-state index in [4.69, 9.17) is 4.74 Å². The highest BCUT2D eigenvalue weighted by atomic mass is 35.5. The fourth-order valence-corrected chi connectivity index (χ4v) is 2.33. The number of hydrogen-bond donors (Lipinski definition) is 1. The summed E-state index contributed by atoms with van der Waals surface area (Å²) in [5.41, 5.74) is 0.123. The molecule has 0 aliphatic carbocycles. The molecule has 1 aliphatic heterocycles. The third-order valence-corrected chi connectivity index (χ3v) is 3.41. The number of benzene rings is 1. The van der Waals surface area contributed by atoms with Gasteiger partial charge in [0.25, 0.3) is 0 Å². The molecule has 0 radical (unpaired) electrons. The first kappa shape index (κ1) is 16.1. The van der Waals surface area contributed by atoms with Gasteiger partial charge in [-0.25, -0.2) is 8.78 Å². The summed E-state index contributed by atoms with van der Waals surface area (Å²) in [5.74, 6) is -0.878. The maximum Gasteiger partial charge on any atom is 0.134 e. The zero-order valence-electron chi connectivity index (χ0n) is 11.1. The molecule has 3 nitrogen and oxygen atoms in total. The van der Waals surface area contributed by atoms with Crippen molar-refractivity contribution >= 4 is 12.4 Å². The Morgan fingerprint density at radius 3 is 2.21 bits per heavy atom. The number of rotatable bonds is 3. The van der Waals surface area contributed by atoms with Crippen LogP contribution in [-0.2, 0) is 0 Å². The fraction of sp³-hybridized carbons (Fsp3) is 0.538. The summed E-state index contributed by atoms with van der Waals surface area (Å²) in [6, 6.07) is 2.20. The Morgan fingerprint density at radius 1 is 1.21 bits per heavy atom. The van der Waals surface area contributed by atoms with Gasteiger partial charge in [-0.1, -0.05) is 0 Å². The lowest BCUT2D eigenvalue weighted by atomic mass is 10.0. The number of piperazine rings is 1. The van der Waals surface area contributed by atoms with E-state index >= 15 is 0 Å². The van der Waals surface area contributed by atoms with Crippen molar-refractivity contribution in [2.45, 2.75) is 13.0 Å². The first-order valence-electron chi connectivity index (χ1n) is 6.11. The SMILES string of the molecule is COc1cc(F)c([C@H](C)N2CCNCC2)c(F)c1.Cl. The molecule has 0 bridgehead atoms. The van der Waals surface area contributed by atoms with Crippen molar-refractivity contribution in [3.63, 3.8) is 0 Å². The van der Waals surface area contributed by atoms with E-state index < -0.39 is 11.6 Å². The van der Waals surface area contributed by atoms with E-state index in [0.29, 0.717) is 0 Å². The first-order chi connectivity index (χ1) is 8.63. The van der Waals surface area contributed by atoms with E-state index in [0.717, 1.165) is 26.2 Å². The van der Waals surface area contributed by atoms with Crippen LogP contribution in [0.15, 0.2) is 12.1 Å². The molecule has 1 saturated heterocycles. The molecule has 0 amide bonds. The van der Waals surface area contributed by atoms with Crippen LogP contribution in [0, 0.1) is 11.6 Å². The van der Waals surface area contributed by atoms with E-state index in [1.165, 1.54) is 19.2 Å². The molecule has 0 aromatic heterocycles. The molecule has 2 rings (SSSR count). The predicted molar refractivity (Wildman–Crippen MR) is 73.0 cm³/mol. The molecule has 1 aromatic rings. The Bertz CT molecular complexity index is 402. The maximum atomic E-state index is 13.9. The van der Waals surface area contributed by atoms with Crippen molar-refractivity contribution in [1.29, 1.82) is 0 Å². The molecule has 0 spiro atoms. The van der Waals surface area contributed by atoms with Crippen molar-refractivity contribution in [3.05, 3.63) is 29.3 Å². The Morgan fingerprint density at radius 2 is 1.74 bits per heavy atom. The number of ether oxygens (including phenoxy) is 1. The summed E-state index contributed by atoms with van der Waals surface area (Å²) in [7, 11) is 1.40. The predicted octanol–water partition coefficient (Wildman–Crippen LogP) is 2.36. The van der Waals surface area contributed by atoms with E-state index in [1.807, 2.05) is 6.92 Å². The van der Waals surface area contributed by atoms with Crippen LogP contribution < -0.4 is 10.1 Å². The van der Waals surface area contributed by atoms with E-state index in [2.05, 4.69) is 10.2 Å². The van der Waals surface area contributed by atoms with Gasteiger partial charge in [0.1, 0.15) is 17.4 Å². The second-order valence-electron chi connectivity index (χ2n) is 4.47. The molecule has 0 unspecified atom stereocenters. The van der Waals surface area contributed by atoms with Gasteiger partial charge in [0.2, 0.25) is 0 Å². The molecule has 1 heterocycles. The topological polar surface area (TPSA) is 24.5 Å². The van der Waals surface area contributed by atoms with Gasteiger partial charge in [0, 0.05) is 49.9 Å². The highest BCUT2D eigenvalue weighted by Gasteiger charge is 2.24. The lowest BCUT2D eigenvalue weighted by Gasteiger charge is -2.33. The number of methoxy groups -OCH3 is 1. The van der Waals surface area contributed by atoms with Gasteiger partial charge >= 0.3 is 0 Å². The molecule has 1 fully saturated rings. The van der Waals surface area contributed by atoms with Crippen LogP contribution in [0.3, 0.4) is 0 Å². The smallest absolute Gasteiger partial charge is 0.134 e. The van der Waals surface area contributed by atoms with Crippen LogP contribution in [0.5, 0.6) is 5.75 Å². The maximum absolute atomic E-state index is 13.9. The van der Waals surface area contributed by atoms with Crippen LogP contribution >= 0.6 is 12.4 Å². The third-order valence-electron chi connectivity index (χ3n) is 3.41. The molecule has 19 heavy (non-hydrogen) atoms. The van der Waals surface area contributed by atoms with Crippen LogP contribution in [-0.4, -0.2) is 38.2 Å². The van der Waals surface area contributed by atoms with Gasteiger partial charge in [0.15, 0.2) is 0 Å². The molecular weight excluding hydrogens is 274 g/mol. The minimum Gasteiger partial charge on any atom is -0.497 e. The van der Waals surface area contributed by atoms with Crippen LogP contribution in [0.4, 0.5) is 8.78 Å². The van der Waals surface area contributed by atoms with Crippen LogP contribution in [0.2, 0.25) is 0 Å². The van der Waals surface area contributed by atoms with E-state index in [1.54, 1.807) is 0 Å². The van der Waals surface area contributed by atoms with Gasteiger partial charge in [-0.15, -0.1) is 12.4 Å². The van der Waals surface area contributed by atoms with Crippen molar-refractivity contribution in [1.82, 2.24) is 10.2 Å². The molecule has 1 aliphatic rings. The molecule has 1 atom stereocenters. The highest BCUT2D eigenvalue weighted by molar-refractivity contribution is 5.85. The van der Waals surface area contributed by atoms with Crippen molar-refractivity contribution in [2.24, 2.45) is 0 Å². The number of nitrogens with zero attached hydrogens (tertiary/aromatic N) is 1. The van der Waals surface area contributed by atoms with Gasteiger partial charge < -0.3 is 10.1 Å². The molecule has 0 saturated carbocycles. The number of halogens is 3. The zero-order chi connectivity index (χ0) is 13.1. The Hall–Kier alpha value is -0.910. The summed E-state index contributed by atoms with van der Waals surface area (Å²) >= 11 is 0. The average Bonchev–Trinajstić information content (AvgIpc) is 2.38. The lowest BCUT2D eigenvalue weighted by molar-refractivity contribution is 0.178. The third kappa shape index (κ3) is 3.55. The largest absolute Gasteiger partial charge is 0.497 e. The quantitative estimate of drug-likeness (QED) is 0.926. The van der Waals surface area contributed by atoms with Gasteiger partial charge in [-0.2, -0.15) is 0 Å². The highest BCUT2D eigenvalue weighted by Crippen LogP contribution is 2.29. The Labute approximate surface area is 118 Å². The summed E-state index contributed by atoms with van der Waals surface area (Å²) in [6.07, 6.45) is 0. The van der Waals surface area contributed by atoms with Crippen molar-refractivity contribution in [2.75, 3.05) is 33.3 Å². The normalized spacial score (nSPS) is 17.7. The van der Waals surface area contributed by atoms with E-state index in [9.17, 15) is 8.78 Å². The van der Waals surface area contributed by atoms with E-state index in [-0.39, 0.29) is 29.8 Å². The Balaban J connectivity index is 0.00000180. The molecular formula is C13H19ClF2N2O. The zero-order valence-corrected chi connectivity index (χ0v) is 11.9. The summed E-state index contributed by atoms with van der Waals surface area (Å²) in [4.78, 5) is 2.07. The molecule has 6 heteroatoms. The number of hydrogen-bond acceptors (Lipinski definition) is 3. The molecule has 1 aromatic carbocycles.